The number of nitrogens with one attached hydrogen (secondary N) is 2. The molecule has 0 aliphatic heterocycles. The van der Waals surface area contributed by atoms with Gasteiger partial charge in [0.1, 0.15) is 16.3 Å². The highest BCUT2D eigenvalue weighted by molar-refractivity contribution is 7.21. The van der Waals surface area contributed by atoms with Crippen LogP contribution >= 0.6 is 11.3 Å². The molecule has 0 spiro atoms. The van der Waals surface area contributed by atoms with Crippen LogP contribution < -0.4 is 10.6 Å². The van der Waals surface area contributed by atoms with E-state index in [9.17, 15) is 5.11 Å². The van der Waals surface area contributed by atoms with E-state index in [2.05, 4.69) is 41.8 Å². The molecule has 3 heterocycles. The lowest BCUT2D eigenvalue weighted by Gasteiger charge is -2.36. The van der Waals surface area contributed by atoms with Crippen molar-refractivity contribution in [3.8, 4) is 10.6 Å². The third-order valence-electron chi connectivity index (χ3n) is 7.28. The number of anilines is 2. The number of rotatable bonds is 13. The second-order valence-electron chi connectivity index (χ2n) is 9.81. The van der Waals surface area contributed by atoms with Gasteiger partial charge in [-0.3, -0.25) is 4.98 Å². The summed E-state index contributed by atoms with van der Waals surface area (Å²) in [6.07, 6.45) is 11.7. The Kier molecular flexibility index (Phi) is 9.05. The predicted octanol–water partition coefficient (Wildman–Crippen LogP) is 6.32. The number of aliphatic hydroxyl groups excluding tert-OH is 1. The first kappa shape index (κ1) is 26.9. The third kappa shape index (κ3) is 6.25. The average Bonchev–Trinajstić information content (AvgIpc) is 3.30. The van der Waals surface area contributed by atoms with Gasteiger partial charge in [-0.2, -0.15) is 4.98 Å². The van der Waals surface area contributed by atoms with Crippen LogP contribution in [0.25, 0.3) is 20.8 Å². The molecule has 1 fully saturated rings. The van der Waals surface area contributed by atoms with E-state index in [1.165, 1.54) is 5.57 Å². The zero-order valence-corrected chi connectivity index (χ0v) is 22.9. The van der Waals surface area contributed by atoms with Crippen LogP contribution in [0.3, 0.4) is 0 Å². The molecule has 0 aromatic carbocycles. The summed E-state index contributed by atoms with van der Waals surface area (Å²) in [5.41, 5.74) is 4.92. The van der Waals surface area contributed by atoms with Crippen molar-refractivity contribution in [3.05, 3.63) is 60.6 Å². The number of pyridine rings is 1. The molecule has 1 saturated carbocycles. The van der Waals surface area contributed by atoms with E-state index in [0.29, 0.717) is 17.8 Å². The van der Waals surface area contributed by atoms with Gasteiger partial charge in [-0.15, -0.1) is 11.3 Å². The minimum Gasteiger partial charge on any atom is -0.396 e. The highest BCUT2D eigenvalue weighted by Gasteiger charge is 2.30. The molecule has 4 rings (SSSR count). The molecule has 1 atom stereocenters. The Bertz CT molecular complexity index is 1270. The largest absolute Gasteiger partial charge is 0.396 e. The van der Waals surface area contributed by atoms with Gasteiger partial charge in [0.25, 0.3) is 0 Å². The summed E-state index contributed by atoms with van der Waals surface area (Å²) in [7, 11) is 0. The van der Waals surface area contributed by atoms with Gasteiger partial charge in [0.15, 0.2) is 0 Å². The number of nitrogens with zero attached hydrogens (tertiary/aromatic N) is 4. The van der Waals surface area contributed by atoms with Crippen molar-refractivity contribution in [2.75, 3.05) is 30.3 Å². The molecule has 1 unspecified atom stereocenters. The number of aromatic nitrogens is 4. The summed E-state index contributed by atoms with van der Waals surface area (Å²) in [5, 5.41) is 17.5. The molecule has 3 aromatic rings. The van der Waals surface area contributed by atoms with Crippen molar-refractivity contribution in [3.63, 3.8) is 0 Å². The van der Waals surface area contributed by atoms with E-state index >= 15 is 0 Å². The normalized spacial score (nSPS) is 18.3. The fourth-order valence-corrected chi connectivity index (χ4v) is 5.97. The van der Waals surface area contributed by atoms with E-state index in [4.69, 9.17) is 15.0 Å². The number of aliphatic hydroxyl groups is 1. The molecule has 0 bridgehead atoms. The van der Waals surface area contributed by atoms with Crippen molar-refractivity contribution in [2.45, 2.75) is 46.5 Å². The molecule has 0 saturated heterocycles. The molecule has 0 radical (unpaired) electrons. The lowest BCUT2D eigenvalue weighted by atomic mass is 9.71. The SMILES string of the molecule is C=C/C=C(\C=C)C1CC(CNc2nc(C)c(-c3nc4c(C)nccc4s3)c(NCCC(CC)CO)n2)C1. The quantitative estimate of drug-likeness (QED) is 0.228. The summed E-state index contributed by atoms with van der Waals surface area (Å²) >= 11 is 1.64. The van der Waals surface area contributed by atoms with Crippen LogP contribution in [0, 0.1) is 31.6 Å². The van der Waals surface area contributed by atoms with Gasteiger partial charge in [-0.1, -0.05) is 44.7 Å². The summed E-state index contributed by atoms with van der Waals surface area (Å²) in [6, 6.07) is 2.00. The Morgan fingerprint density at radius 1 is 1.19 bits per heavy atom. The smallest absolute Gasteiger partial charge is 0.224 e. The van der Waals surface area contributed by atoms with E-state index in [1.54, 1.807) is 11.3 Å². The first-order valence-corrected chi connectivity index (χ1v) is 13.9. The Balaban J connectivity index is 1.54. The zero-order chi connectivity index (χ0) is 26.4. The lowest BCUT2D eigenvalue weighted by Crippen LogP contribution is -2.30. The molecule has 0 amide bonds. The first-order chi connectivity index (χ1) is 18.0. The minimum atomic E-state index is 0.197. The number of fused-ring (bicyclic) bond motifs is 1. The standard InChI is InChI=1S/C29H38N6OS/c1-6-9-22(8-3)23-14-21(15-23)16-32-29-33-18(4)25(27(35-29)31-12-10-20(7-2)17-36)28-34-26-19(5)30-13-11-24(26)37-28/h6,8-9,11,13,20-21,23,36H,1,3,7,10,12,14-17H2,2,4-5H3,(H2,31,32,33,35)/b22-9+. The van der Waals surface area contributed by atoms with Gasteiger partial charge in [-0.25, -0.2) is 9.97 Å². The summed E-state index contributed by atoms with van der Waals surface area (Å²) in [6.45, 7) is 15.6. The second-order valence-corrected chi connectivity index (χ2v) is 10.8. The van der Waals surface area contributed by atoms with Gasteiger partial charge in [0, 0.05) is 25.9 Å². The van der Waals surface area contributed by atoms with Crippen LogP contribution in [-0.2, 0) is 0 Å². The minimum absolute atomic E-state index is 0.197. The van der Waals surface area contributed by atoms with Gasteiger partial charge < -0.3 is 15.7 Å². The number of hydrogen-bond donors (Lipinski definition) is 3. The van der Waals surface area contributed by atoms with E-state index < -0.39 is 0 Å². The van der Waals surface area contributed by atoms with Crippen molar-refractivity contribution < 1.29 is 5.11 Å². The van der Waals surface area contributed by atoms with Gasteiger partial charge >= 0.3 is 0 Å². The summed E-state index contributed by atoms with van der Waals surface area (Å²) < 4.78 is 1.10. The first-order valence-electron chi connectivity index (χ1n) is 13.1. The molecule has 1 aliphatic carbocycles. The fourth-order valence-electron chi connectivity index (χ4n) is 4.86. The molecular formula is C29H38N6OS. The monoisotopic (exact) mass is 518 g/mol. The maximum absolute atomic E-state index is 9.61. The lowest BCUT2D eigenvalue weighted by molar-refractivity contribution is 0.217. The van der Waals surface area contributed by atoms with Gasteiger partial charge in [-0.05, 0) is 62.5 Å². The molecule has 37 heavy (non-hydrogen) atoms. The average molecular weight is 519 g/mol. The number of allylic oxidation sites excluding steroid dienone is 4. The maximum Gasteiger partial charge on any atom is 0.224 e. The van der Waals surface area contributed by atoms with Crippen LogP contribution in [0.15, 0.2) is 49.2 Å². The highest BCUT2D eigenvalue weighted by atomic mass is 32.1. The number of thiazole rings is 1. The van der Waals surface area contributed by atoms with Gasteiger partial charge in [0.2, 0.25) is 5.95 Å². The van der Waals surface area contributed by atoms with Gasteiger partial charge in [0.05, 0.1) is 21.7 Å². The van der Waals surface area contributed by atoms with Crippen molar-refractivity contribution in [1.82, 2.24) is 19.9 Å². The second kappa shape index (κ2) is 12.4. The van der Waals surface area contributed by atoms with E-state index in [-0.39, 0.29) is 12.5 Å². The molecular weight excluding hydrogens is 480 g/mol. The number of hydrogen-bond acceptors (Lipinski definition) is 8. The molecule has 3 aromatic heterocycles. The number of aryl methyl sites for hydroxylation is 2. The predicted molar refractivity (Wildman–Crippen MR) is 155 cm³/mol. The molecule has 196 valence electrons. The van der Waals surface area contributed by atoms with Crippen molar-refractivity contribution in [1.29, 1.82) is 0 Å². The van der Waals surface area contributed by atoms with E-state index in [1.807, 2.05) is 38.3 Å². The Morgan fingerprint density at radius 2 is 2.00 bits per heavy atom. The fraction of sp³-hybridized carbons (Fsp3) is 0.448. The van der Waals surface area contributed by atoms with Crippen molar-refractivity contribution >= 4 is 33.3 Å². The molecule has 8 heteroatoms. The van der Waals surface area contributed by atoms with Crippen LogP contribution in [0.4, 0.5) is 11.8 Å². The van der Waals surface area contributed by atoms with Crippen LogP contribution in [0.2, 0.25) is 0 Å². The Morgan fingerprint density at radius 3 is 2.68 bits per heavy atom. The molecule has 3 N–H and O–H groups in total. The van der Waals surface area contributed by atoms with Crippen LogP contribution in [0.5, 0.6) is 0 Å². The highest BCUT2D eigenvalue weighted by Crippen LogP contribution is 2.40. The molecule has 1 aliphatic rings. The summed E-state index contributed by atoms with van der Waals surface area (Å²) in [4.78, 5) is 19.0. The van der Waals surface area contributed by atoms with Crippen molar-refractivity contribution in [2.24, 2.45) is 17.8 Å². The Hall–Kier alpha value is -3.10. The van der Waals surface area contributed by atoms with Crippen LogP contribution in [-0.4, -0.2) is 44.7 Å². The maximum atomic E-state index is 9.61. The summed E-state index contributed by atoms with van der Waals surface area (Å²) in [5.74, 6) is 2.81. The molecule has 7 nitrogen and oxygen atoms in total. The topological polar surface area (TPSA) is 95.9 Å². The third-order valence-corrected chi connectivity index (χ3v) is 8.31. The van der Waals surface area contributed by atoms with Crippen LogP contribution in [0.1, 0.15) is 44.0 Å². The Labute approximate surface area is 223 Å². The van der Waals surface area contributed by atoms with E-state index in [0.717, 1.165) is 76.8 Å². The zero-order valence-electron chi connectivity index (χ0n) is 22.1.